The van der Waals surface area contributed by atoms with Crippen LogP contribution in [0.1, 0.15) is 40.2 Å². The maximum Gasteiger partial charge on any atom is 0.143 e. The summed E-state index contributed by atoms with van der Waals surface area (Å²) in [6, 6.07) is 50.6. The number of benzene rings is 7. The molecule has 0 fully saturated rings. The molecule has 1 nitrogen and oxygen atoms in total. The van der Waals surface area contributed by atoms with Crippen molar-refractivity contribution in [3.05, 3.63) is 145 Å². The van der Waals surface area contributed by atoms with Gasteiger partial charge < -0.3 is 4.42 Å². The number of hydrogen-bond acceptors (Lipinski definition) is 1. The summed E-state index contributed by atoms with van der Waals surface area (Å²) < 4.78 is 6.35. The molecule has 0 spiro atoms. The molecular formula is C44H38O. The Kier molecular flexibility index (Phi) is 7.26. The predicted octanol–water partition coefficient (Wildman–Crippen LogP) is 13.2. The molecular weight excluding hydrogens is 544 g/mol. The Hall–Kier alpha value is -5.14. The molecule has 0 N–H and O–H groups in total. The minimum absolute atomic E-state index is 0.120. The highest BCUT2D eigenvalue weighted by atomic mass is 16.3. The Balaban J connectivity index is 0.00000160. The van der Waals surface area contributed by atoms with Crippen LogP contribution in [0.2, 0.25) is 0 Å². The Morgan fingerprint density at radius 1 is 0.400 bits per heavy atom. The van der Waals surface area contributed by atoms with Gasteiger partial charge in [0, 0.05) is 16.3 Å². The third kappa shape index (κ3) is 4.89. The molecule has 0 bridgehead atoms. The monoisotopic (exact) mass is 582 g/mol. The normalized spacial score (nSPS) is 11.7. The van der Waals surface area contributed by atoms with Crippen LogP contribution in [0.4, 0.5) is 0 Å². The van der Waals surface area contributed by atoms with Gasteiger partial charge in [-0.15, -0.1) is 0 Å². The third-order valence-electron chi connectivity index (χ3n) is 8.86. The molecule has 1 heteroatoms. The molecule has 45 heavy (non-hydrogen) atoms. The van der Waals surface area contributed by atoms with Crippen LogP contribution in [0.15, 0.2) is 144 Å². The SMILES string of the molecule is CC.CC(C)(C)c1ccc(-c2c3ccccc3c(-c3ccc(-c4cccc5c4oc4ccccc45)cc3)c3ccccc23)cc1. The molecule has 0 saturated heterocycles. The zero-order chi connectivity index (χ0) is 31.1. The molecule has 0 radical (unpaired) electrons. The molecule has 0 saturated carbocycles. The lowest BCUT2D eigenvalue weighted by atomic mass is 9.83. The van der Waals surface area contributed by atoms with Gasteiger partial charge in [-0.2, -0.15) is 0 Å². The van der Waals surface area contributed by atoms with Crippen molar-refractivity contribution in [2.24, 2.45) is 0 Å². The van der Waals surface area contributed by atoms with Gasteiger partial charge in [0.25, 0.3) is 0 Å². The van der Waals surface area contributed by atoms with Crippen LogP contribution < -0.4 is 0 Å². The quantitative estimate of drug-likeness (QED) is 0.189. The summed E-state index contributed by atoms with van der Waals surface area (Å²) in [5.74, 6) is 0. The lowest BCUT2D eigenvalue weighted by molar-refractivity contribution is 0.590. The fourth-order valence-electron chi connectivity index (χ4n) is 6.68. The first-order chi connectivity index (χ1) is 22.0. The third-order valence-corrected chi connectivity index (χ3v) is 8.86. The van der Waals surface area contributed by atoms with Gasteiger partial charge in [0.2, 0.25) is 0 Å². The zero-order valence-corrected chi connectivity index (χ0v) is 26.7. The van der Waals surface area contributed by atoms with E-state index < -0.39 is 0 Å². The maximum atomic E-state index is 6.35. The van der Waals surface area contributed by atoms with Crippen LogP contribution >= 0.6 is 0 Å². The van der Waals surface area contributed by atoms with Gasteiger partial charge in [0.15, 0.2) is 0 Å². The van der Waals surface area contributed by atoms with Crippen LogP contribution in [0.3, 0.4) is 0 Å². The molecule has 0 unspecified atom stereocenters. The summed E-state index contributed by atoms with van der Waals surface area (Å²) in [6.45, 7) is 10.8. The van der Waals surface area contributed by atoms with Gasteiger partial charge in [0.1, 0.15) is 11.2 Å². The minimum atomic E-state index is 0.120. The molecule has 8 rings (SSSR count). The smallest absolute Gasteiger partial charge is 0.143 e. The van der Waals surface area contributed by atoms with Crippen LogP contribution in [-0.4, -0.2) is 0 Å². The fraction of sp³-hybridized carbons (Fsp3) is 0.136. The first-order valence-corrected chi connectivity index (χ1v) is 16.0. The second-order valence-electron chi connectivity index (χ2n) is 12.5. The van der Waals surface area contributed by atoms with Crippen molar-refractivity contribution in [3.8, 4) is 33.4 Å². The van der Waals surface area contributed by atoms with Gasteiger partial charge in [0.05, 0.1) is 0 Å². The second kappa shape index (κ2) is 11.4. The molecule has 220 valence electrons. The van der Waals surface area contributed by atoms with E-state index in [0.717, 1.165) is 33.1 Å². The maximum absolute atomic E-state index is 6.35. The summed E-state index contributed by atoms with van der Waals surface area (Å²) in [5, 5.41) is 7.39. The molecule has 1 heterocycles. The van der Waals surface area contributed by atoms with Crippen molar-refractivity contribution in [2.45, 2.75) is 40.0 Å². The average Bonchev–Trinajstić information content (AvgIpc) is 3.47. The van der Waals surface area contributed by atoms with Crippen LogP contribution in [0.5, 0.6) is 0 Å². The second-order valence-corrected chi connectivity index (χ2v) is 12.5. The number of fused-ring (bicyclic) bond motifs is 5. The summed E-state index contributed by atoms with van der Waals surface area (Å²) in [5.41, 5.74) is 10.6. The lowest BCUT2D eigenvalue weighted by Crippen LogP contribution is -2.10. The van der Waals surface area contributed by atoms with Crippen molar-refractivity contribution in [1.82, 2.24) is 0 Å². The van der Waals surface area contributed by atoms with Crippen molar-refractivity contribution >= 4 is 43.5 Å². The molecule has 0 atom stereocenters. The molecule has 0 aliphatic heterocycles. The van der Waals surface area contributed by atoms with E-state index in [2.05, 4.69) is 148 Å². The van der Waals surface area contributed by atoms with Crippen LogP contribution in [0.25, 0.3) is 76.9 Å². The molecule has 8 aromatic rings. The first-order valence-electron chi connectivity index (χ1n) is 16.0. The average molecular weight is 583 g/mol. The largest absolute Gasteiger partial charge is 0.455 e. The van der Waals surface area contributed by atoms with Crippen LogP contribution in [0, 0.1) is 0 Å². The van der Waals surface area contributed by atoms with Gasteiger partial charge in [-0.05, 0) is 66.4 Å². The fourth-order valence-corrected chi connectivity index (χ4v) is 6.68. The molecule has 1 aromatic heterocycles. The van der Waals surface area contributed by atoms with E-state index in [1.165, 1.54) is 49.4 Å². The number of hydrogen-bond donors (Lipinski definition) is 0. The standard InChI is InChI=1S/C42H32O.C2H6/c1-42(2,3)30-25-23-29(24-26-30)40-35-14-6-4-12-33(35)39(34-13-5-7-15-36(34)40)28-21-19-27(20-22-28)31-16-10-17-37-32-11-8-9-18-38(32)43-41(31)37;1-2/h4-26H,1-3H3;1-2H3. The van der Waals surface area contributed by atoms with E-state index in [4.69, 9.17) is 4.42 Å². The zero-order valence-electron chi connectivity index (χ0n) is 26.7. The molecule has 0 amide bonds. The molecule has 0 aliphatic rings. The van der Waals surface area contributed by atoms with Gasteiger partial charge in [-0.1, -0.05) is 168 Å². The van der Waals surface area contributed by atoms with Crippen LogP contribution in [-0.2, 0) is 5.41 Å². The van der Waals surface area contributed by atoms with Crippen molar-refractivity contribution in [2.75, 3.05) is 0 Å². The van der Waals surface area contributed by atoms with E-state index >= 15 is 0 Å². The first kappa shape index (κ1) is 28.6. The van der Waals surface area contributed by atoms with Crippen molar-refractivity contribution in [1.29, 1.82) is 0 Å². The van der Waals surface area contributed by atoms with E-state index in [1.807, 2.05) is 26.0 Å². The Labute approximate surface area is 265 Å². The van der Waals surface area contributed by atoms with Gasteiger partial charge >= 0.3 is 0 Å². The summed E-state index contributed by atoms with van der Waals surface area (Å²) in [6.07, 6.45) is 0. The Morgan fingerprint density at radius 2 is 0.822 bits per heavy atom. The number of rotatable bonds is 3. The minimum Gasteiger partial charge on any atom is -0.455 e. The number of furan rings is 1. The van der Waals surface area contributed by atoms with Crippen molar-refractivity contribution < 1.29 is 4.42 Å². The highest BCUT2D eigenvalue weighted by Gasteiger charge is 2.19. The molecule has 0 aliphatic carbocycles. The summed E-state index contributed by atoms with van der Waals surface area (Å²) in [4.78, 5) is 0. The van der Waals surface area contributed by atoms with Gasteiger partial charge in [-0.25, -0.2) is 0 Å². The molecule has 7 aromatic carbocycles. The van der Waals surface area contributed by atoms with E-state index in [0.29, 0.717) is 0 Å². The van der Waals surface area contributed by atoms with Gasteiger partial charge in [-0.3, -0.25) is 0 Å². The summed E-state index contributed by atoms with van der Waals surface area (Å²) in [7, 11) is 0. The Bertz CT molecular complexity index is 2240. The topological polar surface area (TPSA) is 13.1 Å². The number of para-hydroxylation sites is 2. The summed E-state index contributed by atoms with van der Waals surface area (Å²) >= 11 is 0. The van der Waals surface area contributed by atoms with Crippen molar-refractivity contribution in [3.63, 3.8) is 0 Å². The van der Waals surface area contributed by atoms with E-state index in [9.17, 15) is 0 Å². The van der Waals surface area contributed by atoms with E-state index in [-0.39, 0.29) is 5.41 Å². The lowest BCUT2D eigenvalue weighted by Gasteiger charge is -2.21. The Morgan fingerprint density at radius 3 is 1.33 bits per heavy atom. The van der Waals surface area contributed by atoms with E-state index in [1.54, 1.807) is 0 Å². The highest BCUT2D eigenvalue weighted by molar-refractivity contribution is 6.21. The highest BCUT2D eigenvalue weighted by Crippen LogP contribution is 2.44. The predicted molar refractivity (Wildman–Crippen MR) is 195 cm³/mol.